The van der Waals surface area contributed by atoms with E-state index in [-0.39, 0.29) is 11.8 Å². The Morgan fingerprint density at radius 2 is 1.83 bits per heavy atom. The average molecular weight is 338 g/mol. The Morgan fingerprint density at radius 1 is 1.08 bits per heavy atom. The van der Waals surface area contributed by atoms with E-state index in [0.717, 1.165) is 31.4 Å². The zero-order valence-corrected chi connectivity index (χ0v) is 14.4. The lowest BCUT2D eigenvalue weighted by Gasteiger charge is -2.17. The Bertz CT molecular complexity index is 571. The van der Waals surface area contributed by atoms with Gasteiger partial charge < -0.3 is 24.7 Å². The molecule has 0 saturated carbocycles. The second kappa shape index (κ2) is 9.39. The summed E-state index contributed by atoms with van der Waals surface area (Å²) in [5.41, 5.74) is 1.21. The van der Waals surface area contributed by atoms with Gasteiger partial charge >= 0.3 is 0 Å². The van der Waals surface area contributed by atoms with Crippen LogP contribution in [0.3, 0.4) is 0 Å². The largest absolute Gasteiger partial charge is 0.385 e. The van der Waals surface area contributed by atoms with Crippen LogP contribution < -0.4 is 10.6 Å². The number of hydrogen-bond donors (Lipinski definition) is 2. The van der Waals surface area contributed by atoms with Gasteiger partial charge in [-0.05, 0) is 25.7 Å². The molecule has 8 nitrogen and oxygen atoms in total. The third-order valence-electron chi connectivity index (χ3n) is 3.94. The summed E-state index contributed by atoms with van der Waals surface area (Å²) in [5, 5.41) is 5.61. The number of methoxy groups -OCH3 is 2. The van der Waals surface area contributed by atoms with Crippen LogP contribution in [0.1, 0.15) is 46.1 Å². The lowest BCUT2D eigenvalue weighted by Crippen LogP contribution is -2.30. The van der Waals surface area contributed by atoms with Crippen molar-refractivity contribution in [1.29, 1.82) is 0 Å². The summed E-state index contributed by atoms with van der Waals surface area (Å²) in [4.78, 5) is 29.1. The fraction of sp³-hybridized carbons (Fsp3) is 0.688. The first-order valence-corrected chi connectivity index (χ1v) is 8.32. The van der Waals surface area contributed by atoms with Gasteiger partial charge in [-0.25, -0.2) is 4.98 Å². The van der Waals surface area contributed by atoms with Gasteiger partial charge in [-0.1, -0.05) is 0 Å². The van der Waals surface area contributed by atoms with Crippen molar-refractivity contribution in [3.63, 3.8) is 0 Å². The molecule has 0 saturated heterocycles. The van der Waals surface area contributed by atoms with E-state index in [1.54, 1.807) is 14.2 Å². The predicted molar refractivity (Wildman–Crippen MR) is 88.2 cm³/mol. The van der Waals surface area contributed by atoms with Crippen molar-refractivity contribution in [2.45, 2.75) is 32.2 Å². The van der Waals surface area contributed by atoms with Crippen LogP contribution in [0.5, 0.6) is 0 Å². The van der Waals surface area contributed by atoms with Gasteiger partial charge in [0.25, 0.3) is 11.8 Å². The summed E-state index contributed by atoms with van der Waals surface area (Å²) >= 11 is 0. The summed E-state index contributed by atoms with van der Waals surface area (Å²) in [6.07, 6.45) is 3.48. The molecule has 0 unspecified atom stereocenters. The minimum atomic E-state index is -0.270. The highest BCUT2D eigenvalue weighted by atomic mass is 16.5. The maximum Gasteiger partial charge on any atom is 0.287 e. The summed E-state index contributed by atoms with van der Waals surface area (Å²) in [6.45, 7) is 2.68. The highest BCUT2D eigenvalue weighted by molar-refractivity contribution is 5.97. The number of carbonyl (C=O) groups excluding carboxylic acids is 2. The predicted octanol–water partition coefficient (Wildman–Crippen LogP) is 0.362. The fourth-order valence-electron chi connectivity index (χ4n) is 2.75. The molecule has 0 radical (unpaired) electrons. The Balaban J connectivity index is 2.11. The van der Waals surface area contributed by atoms with Crippen molar-refractivity contribution in [1.82, 2.24) is 20.2 Å². The molecular formula is C16H26N4O4. The summed E-state index contributed by atoms with van der Waals surface area (Å²) in [6, 6.07) is 0. The molecule has 0 atom stereocenters. The molecule has 1 aliphatic heterocycles. The van der Waals surface area contributed by atoms with E-state index >= 15 is 0 Å². The zero-order valence-electron chi connectivity index (χ0n) is 14.4. The Hall–Kier alpha value is -1.93. The number of fused-ring (bicyclic) bond motifs is 1. The number of nitrogens with one attached hydrogen (secondary N) is 2. The molecule has 1 aromatic heterocycles. The van der Waals surface area contributed by atoms with E-state index in [1.807, 2.05) is 4.57 Å². The second-order valence-corrected chi connectivity index (χ2v) is 5.69. The number of aromatic nitrogens is 2. The average Bonchev–Trinajstić information content (AvgIpc) is 2.98. The van der Waals surface area contributed by atoms with Crippen LogP contribution in [-0.2, 0) is 22.4 Å². The first-order chi connectivity index (χ1) is 11.7. The van der Waals surface area contributed by atoms with Crippen LogP contribution in [0, 0.1) is 0 Å². The number of hydrogen-bond acceptors (Lipinski definition) is 5. The van der Waals surface area contributed by atoms with Crippen molar-refractivity contribution in [2.24, 2.45) is 0 Å². The third kappa shape index (κ3) is 4.55. The van der Waals surface area contributed by atoms with Gasteiger partial charge in [0.05, 0.1) is 12.3 Å². The molecule has 134 valence electrons. The topological polar surface area (TPSA) is 94.5 Å². The van der Waals surface area contributed by atoms with E-state index in [0.29, 0.717) is 44.4 Å². The van der Waals surface area contributed by atoms with Crippen LogP contribution in [0.2, 0.25) is 0 Å². The maximum absolute atomic E-state index is 12.4. The molecular weight excluding hydrogens is 312 g/mol. The van der Waals surface area contributed by atoms with E-state index in [1.165, 1.54) is 0 Å². The van der Waals surface area contributed by atoms with Gasteiger partial charge in [0.15, 0.2) is 5.82 Å². The molecule has 0 bridgehead atoms. The van der Waals surface area contributed by atoms with Crippen molar-refractivity contribution in [2.75, 3.05) is 40.5 Å². The molecule has 2 heterocycles. The molecule has 2 N–H and O–H groups in total. The quantitative estimate of drug-likeness (QED) is 0.634. The number of nitrogens with zero attached hydrogens (tertiary/aromatic N) is 2. The first-order valence-electron chi connectivity index (χ1n) is 8.32. The molecule has 0 fully saturated rings. The molecule has 8 heteroatoms. The van der Waals surface area contributed by atoms with Gasteiger partial charge in [0.2, 0.25) is 0 Å². The van der Waals surface area contributed by atoms with Gasteiger partial charge in [-0.15, -0.1) is 0 Å². The monoisotopic (exact) mass is 338 g/mol. The Labute approximate surface area is 141 Å². The van der Waals surface area contributed by atoms with Crippen LogP contribution in [0.4, 0.5) is 0 Å². The molecule has 24 heavy (non-hydrogen) atoms. The lowest BCUT2D eigenvalue weighted by atomic mass is 10.1. The second-order valence-electron chi connectivity index (χ2n) is 5.69. The van der Waals surface area contributed by atoms with E-state index in [4.69, 9.17) is 9.47 Å². The molecule has 0 spiro atoms. The van der Waals surface area contributed by atoms with Crippen molar-refractivity contribution in [3.8, 4) is 0 Å². The number of carbonyl (C=O) groups is 2. The van der Waals surface area contributed by atoms with Crippen molar-refractivity contribution >= 4 is 11.8 Å². The number of ether oxygens (including phenoxy) is 2. The Kier molecular flexibility index (Phi) is 7.20. The maximum atomic E-state index is 12.4. The highest BCUT2D eigenvalue weighted by Gasteiger charge is 2.27. The van der Waals surface area contributed by atoms with Gasteiger partial charge in [-0.2, -0.15) is 0 Å². The minimum absolute atomic E-state index is 0.229. The molecule has 2 rings (SSSR count). The van der Waals surface area contributed by atoms with E-state index in [9.17, 15) is 9.59 Å². The molecule has 2 amide bonds. The number of rotatable bonds is 9. The molecule has 1 aliphatic rings. The number of amides is 2. The van der Waals surface area contributed by atoms with Crippen molar-refractivity contribution in [3.05, 3.63) is 17.2 Å². The van der Waals surface area contributed by atoms with Gasteiger partial charge in [0.1, 0.15) is 5.69 Å². The summed E-state index contributed by atoms with van der Waals surface area (Å²) < 4.78 is 11.8. The highest BCUT2D eigenvalue weighted by Crippen LogP contribution is 2.21. The normalized spacial score (nSPS) is 13.4. The molecule has 0 aromatic carbocycles. The smallest absolute Gasteiger partial charge is 0.287 e. The van der Waals surface area contributed by atoms with Crippen molar-refractivity contribution < 1.29 is 19.1 Å². The molecule has 1 aromatic rings. The summed E-state index contributed by atoms with van der Waals surface area (Å²) in [7, 11) is 3.21. The molecule has 0 aliphatic carbocycles. The van der Waals surface area contributed by atoms with Crippen LogP contribution in [0.15, 0.2) is 0 Å². The fourth-order valence-corrected chi connectivity index (χ4v) is 2.75. The van der Waals surface area contributed by atoms with E-state index < -0.39 is 0 Å². The van der Waals surface area contributed by atoms with Crippen LogP contribution in [-0.4, -0.2) is 61.9 Å². The van der Waals surface area contributed by atoms with Crippen LogP contribution >= 0.6 is 0 Å². The SMILES string of the molecule is COCCCNC(=O)c1nc(C(=O)NCCOC)n2c1CCCC2. The number of imidazole rings is 1. The zero-order chi connectivity index (χ0) is 17.4. The van der Waals surface area contributed by atoms with Crippen LogP contribution in [0.25, 0.3) is 0 Å². The van der Waals surface area contributed by atoms with Gasteiger partial charge in [-0.3, -0.25) is 9.59 Å². The Morgan fingerprint density at radius 3 is 2.58 bits per heavy atom. The van der Waals surface area contributed by atoms with Gasteiger partial charge in [0, 0.05) is 40.5 Å². The first kappa shape index (κ1) is 18.4. The minimum Gasteiger partial charge on any atom is -0.385 e. The standard InChI is InChI=1S/C16H26N4O4/c1-23-10-5-7-17-15(21)13-12-6-3-4-9-20(12)14(19-13)16(22)18-8-11-24-2/h3-11H2,1-2H3,(H,17,21)(H,18,22). The van der Waals surface area contributed by atoms with E-state index in [2.05, 4.69) is 15.6 Å². The lowest BCUT2D eigenvalue weighted by molar-refractivity contribution is 0.0921. The third-order valence-corrected chi connectivity index (χ3v) is 3.94. The summed E-state index contributed by atoms with van der Waals surface area (Å²) in [5.74, 6) is -0.191.